The van der Waals surface area contributed by atoms with Crippen LogP contribution in [0, 0.1) is 0 Å². The van der Waals surface area contributed by atoms with Gasteiger partial charge >= 0.3 is 0 Å². The molecule has 4 rings (SSSR count). The molecular formula is C25H19Cl3N2O3S. The van der Waals surface area contributed by atoms with Gasteiger partial charge in [0.05, 0.1) is 11.6 Å². The normalized spacial score (nSPS) is 10.7. The highest BCUT2D eigenvalue weighted by atomic mass is 35.5. The van der Waals surface area contributed by atoms with E-state index in [2.05, 4.69) is 10.3 Å². The molecule has 1 N–H and O–H groups in total. The van der Waals surface area contributed by atoms with Gasteiger partial charge in [-0.1, -0.05) is 59.6 Å². The molecule has 0 atom stereocenters. The predicted molar refractivity (Wildman–Crippen MR) is 138 cm³/mol. The van der Waals surface area contributed by atoms with Crippen molar-refractivity contribution in [3.8, 4) is 11.5 Å². The first-order valence-corrected chi connectivity index (χ1v) is 12.4. The molecule has 1 amide bonds. The van der Waals surface area contributed by atoms with E-state index in [0.29, 0.717) is 37.9 Å². The van der Waals surface area contributed by atoms with Crippen LogP contribution in [0.15, 0.2) is 72.1 Å². The summed E-state index contributed by atoms with van der Waals surface area (Å²) < 4.78 is 11.9. The van der Waals surface area contributed by atoms with Crippen molar-refractivity contribution in [2.24, 2.45) is 0 Å². The number of hydrogen-bond acceptors (Lipinski definition) is 5. The lowest BCUT2D eigenvalue weighted by Gasteiger charge is -2.13. The molecule has 1 aromatic heterocycles. The molecule has 0 aliphatic rings. The average molecular weight is 534 g/mol. The van der Waals surface area contributed by atoms with Gasteiger partial charge in [0.2, 0.25) is 0 Å². The van der Waals surface area contributed by atoms with Gasteiger partial charge in [-0.15, -0.1) is 22.9 Å². The van der Waals surface area contributed by atoms with Crippen molar-refractivity contribution in [3.05, 3.63) is 105 Å². The first-order valence-electron chi connectivity index (χ1n) is 10.2. The largest absolute Gasteiger partial charge is 0.489 e. The van der Waals surface area contributed by atoms with E-state index < -0.39 is 0 Å². The molecule has 0 saturated carbocycles. The summed E-state index contributed by atoms with van der Waals surface area (Å²) >= 11 is 19.6. The Kier molecular flexibility index (Phi) is 8.29. The molecule has 3 aromatic carbocycles. The molecule has 0 saturated heterocycles. The SMILES string of the molecule is O=C(Nc1nc(CCl)cs1)c1cc(OCc2ccccc2Cl)cc(OCc2ccccc2Cl)c1. The quantitative estimate of drug-likeness (QED) is 0.225. The second kappa shape index (κ2) is 11.6. The Morgan fingerprint density at radius 3 is 1.94 bits per heavy atom. The summed E-state index contributed by atoms with van der Waals surface area (Å²) in [7, 11) is 0. The fourth-order valence-corrected chi connectivity index (χ4v) is 4.33. The number of rotatable bonds is 9. The molecule has 1 heterocycles. The highest BCUT2D eigenvalue weighted by Crippen LogP contribution is 2.28. The Balaban J connectivity index is 1.56. The molecule has 0 fully saturated rings. The number of amides is 1. The third-order valence-electron chi connectivity index (χ3n) is 4.76. The Labute approximate surface area is 216 Å². The minimum absolute atomic E-state index is 0.236. The van der Waals surface area contributed by atoms with Crippen molar-refractivity contribution in [2.75, 3.05) is 5.32 Å². The van der Waals surface area contributed by atoms with Crippen LogP contribution in [0.25, 0.3) is 0 Å². The zero-order valence-electron chi connectivity index (χ0n) is 17.8. The van der Waals surface area contributed by atoms with Crippen LogP contribution in [0.2, 0.25) is 10.0 Å². The summed E-state index contributed by atoms with van der Waals surface area (Å²) in [4.78, 5) is 17.2. The van der Waals surface area contributed by atoms with E-state index in [1.807, 2.05) is 36.4 Å². The summed E-state index contributed by atoms with van der Waals surface area (Å²) in [6.07, 6.45) is 0. The van der Waals surface area contributed by atoms with Crippen molar-refractivity contribution >= 4 is 57.2 Å². The Morgan fingerprint density at radius 2 is 1.44 bits per heavy atom. The van der Waals surface area contributed by atoms with Crippen LogP contribution < -0.4 is 14.8 Å². The van der Waals surface area contributed by atoms with E-state index in [1.54, 1.807) is 35.7 Å². The molecule has 4 aromatic rings. The number of thiazole rings is 1. The standard InChI is InChI=1S/C25H19Cl3N2O3S/c26-12-19-15-34-25(29-19)30-24(31)18-9-20(32-13-16-5-1-3-7-22(16)27)11-21(10-18)33-14-17-6-2-4-8-23(17)28/h1-11,15H,12-14H2,(H,29,30,31). The van der Waals surface area contributed by atoms with E-state index >= 15 is 0 Å². The first-order chi connectivity index (χ1) is 16.5. The maximum Gasteiger partial charge on any atom is 0.257 e. The number of alkyl halides is 1. The van der Waals surface area contributed by atoms with Gasteiger partial charge in [0.1, 0.15) is 24.7 Å². The van der Waals surface area contributed by atoms with Crippen LogP contribution in [0.5, 0.6) is 11.5 Å². The average Bonchev–Trinajstić information content (AvgIpc) is 3.30. The van der Waals surface area contributed by atoms with Gasteiger partial charge in [0, 0.05) is 38.2 Å². The lowest BCUT2D eigenvalue weighted by Crippen LogP contribution is -2.12. The van der Waals surface area contributed by atoms with Crippen LogP contribution in [0.1, 0.15) is 27.2 Å². The van der Waals surface area contributed by atoms with E-state index in [4.69, 9.17) is 44.3 Å². The molecule has 34 heavy (non-hydrogen) atoms. The predicted octanol–water partition coefficient (Wildman–Crippen LogP) is 7.60. The first kappa shape index (κ1) is 24.4. The summed E-state index contributed by atoms with van der Waals surface area (Å²) in [5, 5.41) is 6.25. The van der Waals surface area contributed by atoms with Gasteiger partial charge < -0.3 is 9.47 Å². The third-order valence-corrected chi connectivity index (χ3v) is 6.57. The summed E-state index contributed by atoms with van der Waals surface area (Å²) in [6, 6.07) is 19.8. The number of ether oxygens (including phenoxy) is 2. The van der Waals surface area contributed by atoms with E-state index in [1.165, 1.54) is 11.3 Å². The second-order valence-corrected chi connectivity index (χ2v) is 9.12. The molecule has 0 aliphatic heterocycles. The lowest BCUT2D eigenvalue weighted by atomic mass is 10.2. The molecule has 0 bridgehead atoms. The van der Waals surface area contributed by atoms with Crippen LogP contribution >= 0.6 is 46.1 Å². The minimum Gasteiger partial charge on any atom is -0.489 e. The number of aromatic nitrogens is 1. The number of anilines is 1. The van der Waals surface area contributed by atoms with Crippen molar-refractivity contribution in [3.63, 3.8) is 0 Å². The maximum atomic E-state index is 12.9. The fourth-order valence-electron chi connectivity index (χ4n) is 3.02. The van der Waals surface area contributed by atoms with Crippen molar-refractivity contribution < 1.29 is 14.3 Å². The van der Waals surface area contributed by atoms with Crippen LogP contribution in [-0.4, -0.2) is 10.9 Å². The molecule has 0 spiro atoms. The Hall–Kier alpha value is -2.77. The molecular weight excluding hydrogens is 515 g/mol. The zero-order valence-corrected chi connectivity index (χ0v) is 20.8. The summed E-state index contributed by atoms with van der Waals surface area (Å²) in [5.41, 5.74) is 2.71. The van der Waals surface area contributed by atoms with E-state index in [-0.39, 0.29) is 25.0 Å². The van der Waals surface area contributed by atoms with Gasteiger partial charge in [0.25, 0.3) is 5.91 Å². The monoisotopic (exact) mass is 532 g/mol. The number of nitrogens with one attached hydrogen (secondary N) is 1. The molecule has 0 radical (unpaired) electrons. The molecule has 174 valence electrons. The highest BCUT2D eigenvalue weighted by molar-refractivity contribution is 7.14. The molecule has 0 aliphatic carbocycles. The number of carbonyl (C=O) groups is 1. The zero-order chi connectivity index (χ0) is 23.9. The lowest BCUT2D eigenvalue weighted by molar-refractivity contribution is 0.102. The fraction of sp³-hybridized carbons (Fsp3) is 0.120. The van der Waals surface area contributed by atoms with Crippen molar-refractivity contribution in [2.45, 2.75) is 19.1 Å². The van der Waals surface area contributed by atoms with Gasteiger partial charge in [-0.05, 0) is 24.3 Å². The second-order valence-electron chi connectivity index (χ2n) is 7.19. The van der Waals surface area contributed by atoms with Gasteiger partial charge in [0.15, 0.2) is 5.13 Å². The van der Waals surface area contributed by atoms with Crippen molar-refractivity contribution in [1.29, 1.82) is 0 Å². The van der Waals surface area contributed by atoms with Gasteiger partial charge in [-0.3, -0.25) is 10.1 Å². The molecule has 9 heteroatoms. The van der Waals surface area contributed by atoms with Gasteiger partial charge in [-0.2, -0.15) is 0 Å². The summed E-state index contributed by atoms with van der Waals surface area (Å²) in [6.45, 7) is 0.473. The number of nitrogens with zero attached hydrogens (tertiary/aromatic N) is 1. The molecule has 5 nitrogen and oxygen atoms in total. The van der Waals surface area contributed by atoms with Crippen molar-refractivity contribution in [1.82, 2.24) is 4.98 Å². The van der Waals surface area contributed by atoms with Crippen LogP contribution in [0.4, 0.5) is 5.13 Å². The number of carbonyl (C=O) groups excluding carboxylic acids is 1. The summed E-state index contributed by atoms with van der Waals surface area (Å²) in [5.74, 6) is 0.850. The number of halogens is 3. The molecule has 0 unspecified atom stereocenters. The topological polar surface area (TPSA) is 60.5 Å². The maximum absolute atomic E-state index is 12.9. The van der Waals surface area contributed by atoms with Crippen LogP contribution in [0.3, 0.4) is 0 Å². The minimum atomic E-state index is -0.346. The van der Waals surface area contributed by atoms with E-state index in [9.17, 15) is 4.79 Å². The van der Waals surface area contributed by atoms with E-state index in [0.717, 1.165) is 11.1 Å². The highest BCUT2D eigenvalue weighted by Gasteiger charge is 2.14. The van der Waals surface area contributed by atoms with Crippen LogP contribution in [-0.2, 0) is 19.1 Å². The Bertz CT molecular complexity index is 1230. The Morgan fingerprint density at radius 1 is 0.882 bits per heavy atom. The number of benzene rings is 3. The number of hydrogen-bond donors (Lipinski definition) is 1. The third kappa shape index (κ3) is 6.42. The van der Waals surface area contributed by atoms with Gasteiger partial charge in [-0.25, -0.2) is 4.98 Å². The smallest absolute Gasteiger partial charge is 0.257 e.